The first-order valence-electron chi connectivity index (χ1n) is 9.75. The van der Waals surface area contributed by atoms with Crippen molar-refractivity contribution in [1.29, 1.82) is 0 Å². The lowest BCUT2D eigenvalue weighted by Gasteiger charge is -2.28. The van der Waals surface area contributed by atoms with Crippen LogP contribution in [-0.4, -0.2) is 61.6 Å². The first kappa shape index (κ1) is 22.8. The van der Waals surface area contributed by atoms with Crippen molar-refractivity contribution in [3.63, 3.8) is 0 Å². The molecule has 1 saturated heterocycles. The Labute approximate surface area is 174 Å². The summed E-state index contributed by atoms with van der Waals surface area (Å²) < 4.78 is 74.2. The lowest BCUT2D eigenvalue weighted by atomic mass is 10.2. The largest absolute Gasteiger partial charge is 0.416 e. The van der Waals surface area contributed by atoms with E-state index < -0.39 is 21.8 Å². The third kappa shape index (κ3) is 5.63. The second kappa shape index (κ2) is 9.51. The molecule has 0 amide bonds. The number of morpholine rings is 1. The van der Waals surface area contributed by atoms with Crippen molar-refractivity contribution in [2.75, 3.05) is 39.4 Å². The molecule has 0 radical (unpaired) electrons. The molecular weight excluding hydrogens is 419 g/mol. The number of sulfonamides is 1. The number of nitrogens with zero attached hydrogens (tertiary/aromatic N) is 3. The molecule has 0 spiro atoms. The van der Waals surface area contributed by atoms with Gasteiger partial charge in [-0.15, -0.1) is 0 Å². The fourth-order valence-corrected chi connectivity index (χ4v) is 4.90. The number of hydrogen-bond donors (Lipinski definition) is 0. The lowest BCUT2D eigenvalue weighted by Crippen LogP contribution is -2.39. The number of rotatable bonds is 8. The maximum absolute atomic E-state index is 13.2. The Balaban J connectivity index is 1.81. The van der Waals surface area contributed by atoms with Gasteiger partial charge in [0.25, 0.3) is 0 Å². The minimum absolute atomic E-state index is 0.0885. The third-order valence-electron chi connectivity index (χ3n) is 5.17. The van der Waals surface area contributed by atoms with Crippen LogP contribution in [0.25, 0.3) is 0 Å². The molecule has 0 unspecified atom stereocenters. The van der Waals surface area contributed by atoms with Crippen molar-refractivity contribution in [2.24, 2.45) is 7.05 Å². The summed E-state index contributed by atoms with van der Waals surface area (Å²) in [5, 5.41) is 0. The second-order valence-corrected chi connectivity index (χ2v) is 9.22. The second-order valence-electron chi connectivity index (χ2n) is 7.28. The van der Waals surface area contributed by atoms with E-state index in [2.05, 4.69) is 4.90 Å². The van der Waals surface area contributed by atoms with Crippen molar-refractivity contribution in [2.45, 2.75) is 24.0 Å². The maximum atomic E-state index is 13.2. The minimum atomic E-state index is -4.61. The molecule has 1 aliphatic rings. The molecule has 0 aliphatic carbocycles. The predicted molar refractivity (Wildman–Crippen MR) is 106 cm³/mol. The van der Waals surface area contributed by atoms with Crippen molar-refractivity contribution in [3.8, 4) is 0 Å². The Morgan fingerprint density at radius 3 is 2.50 bits per heavy atom. The zero-order chi connectivity index (χ0) is 21.8. The molecule has 1 aromatic carbocycles. The van der Waals surface area contributed by atoms with Crippen molar-refractivity contribution in [1.82, 2.24) is 13.8 Å². The molecule has 30 heavy (non-hydrogen) atoms. The van der Waals surface area contributed by atoms with E-state index in [1.54, 1.807) is 29.9 Å². The highest BCUT2D eigenvalue weighted by Gasteiger charge is 2.33. The molecule has 1 fully saturated rings. The van der Waals surface area contributed by atoms with Crippen LogP contribution in [0.5, 0.6) is 0 Å². The van der Waals surface area contributed by atoms with E-state index in [1.807, 2.05) is 0 Å². The van der Waals surface area contributed by atoms with Crippen molar-refractivity contribution in [3.05, 3.63) is 53.9 Å². The zero-order valence-electron chi connectivity index (χ0n) is 16.8. The summed E-state index contributed by atoms with van der Waals surface area (Å²) in [5.74, 6) is 0. The van der Waals surface area contributed by atoms with Gasteiger partial charge in [0.2, 0.25) is 10.0 Å². The predicted octanol–water partition coefficient (Wildman–Crippen LogP) is 2.96. The van der Waals surface area contributed by atoms with Crippen LogP contribution in [0.15, 0.2) is 47.5 Å². The summed E-state index contributed by atoms with van der Waals surface area (Å²) in [6.07, 6.45) is -2.23. The Bertz CT molecular complexity index is 938. The van der Waals surface area contributed by atoms with Gasteiger partial charge in [-0.2, -0.15) is 17.5 Å². The summed E-state index contributed by atoms with van der Waals surface area (Å²) in [6, 6.07) is 7.53. The van der Waals surface area contributed by atoms with Crippen LogP contribution >= 0.6 is 0 Å². The molecule has 2 aromatic rings. The van der Waals surface area contributed by atoms with Crippen LogP contribution in [0.1, 0.15) is 17.7 Å². The van der Waals surface area contributed by atoms with Crippen molar-refractivity contribution < 1.29 is 26.3 Å². The van der Waals surface area contributed by atoms with Gasteiger partial charge in [-0.3, -0.25) is 4.90 Å². The molecule has 0 bridgehead atoms. The molecule has 0 saturated carbocycles. The summed E-state index contributed by atoms with van der Waals surface area (Å²) in [6.45, 7) is 3.87. The number of aryl methyl sites for hydroxylation is 1. The monoisotopic (exact) mass is 445 g/mol. The van der Waals surface area contributed by atoms with Gasteiger partial charge in [0.15, 0.2) is 0 Å². The van der Waals surface area contributed by atoms with Crippen LogP contribution < -0.4 is 0 Å². The lowest BCUT2D eigenvalue weighted by molar-refractivity contribution is -0.137. The zero-order valence-corrected chi connectivity index (χ0v) is 17.6. The Kier molecular flexibility index (Phi) is 7.22. The molecule has 166 valence electrons. The molecule has 10 heteroatoms. The molecule has 2 heterocycles. The topological polar surface area (TPSA) is 54.8 Å². The van der Waals surface area contributed by atoms with Gasteiger partial charge in [-0.25, -0.2) is 8.42 Å². The average Bonchev–Trinajstić information content (AvgIpc) is 3.12. The minimum Gasteiger partial charge on any atom is -0.379 e. The van der Waals surface area contributed by atoms with Gasteiger partial charge < -0.3 is 9.30 Å². The third-order valence-corrected chi connectivity index (χ3v) is 7.02. The summed E-state index contributed by atoms with van der Waals surface area (Å²) >= 11 is 0. The van der Waals surface area contributed by atoms with Crippen LogP contribution in [0.2, 0.25) is 0 Å². The molecule has 0 N–H and O–H groups in total. The fourth-order valence-electron chi connectivity index (χ4n) is 3.40. The van der Waals surface area contributed by atoms with Crippen molar-refractivity contribution >= 4 is 10.0 Å². The first-order valence-corrected chi connectivity index (χ1v) is 11.2. The molecule has 1 aromatic heterocycles. The van der Waals surface area contributed by atoms with E-state index in [-0.39, 0.29) is 18.0 Å². The maximum Gasteiger partial charge on any atom is 0.416 e. The standard InChI is InChI=1S/C20H26F3N3O3S/c1-24-8-3-6-18(24)16-26(10-4-9-25-11-13-29-14-12-25)30(27,28)19-7-2-5-17(15-19)20(21,22)23/h2-3,5-8,15H,4,9-14,16H2,1H3. The average molecular weight is 446 g/mol. The smallest absolute Gasteiger partial charge is 0.379 e. The van der Waals surface area contributed by atoms with E-state index in [9.17, 15) is 21.6 Å². The van der Waals surface area contributed by atoms with Gasteiger partial charge in [0.1, 0.15) is 0 Å². The van der Waals surface area contributed by atoms with E-state index in [4.69, 9.17) is 4.74 Å². The van der Waals surface area contributed by atoms with Gasteiger partial charge in [-0.05, 0) is 43.3 Å². The number of ether oxygens (including phenoxy) is 1. The normalized spacial score (nSPS) is 16.3. The Morgan fingerprint density at radius 2 is 1.87 bits per heavy atom. The van der Waals surface area contributed by atoms with Crippen LogP contribution in [0, 0.1) is 0 Å². The van der Waals surface area contributed by atoms with Gasteiger partial charge in [0.05, 0.1) is 30.2 Å². The number of aromatic nitrogens is 1. The molecule has 6 nitrogen and oxygen atoms in total. The molecule has 1 aliphatic heterocycles. The van der Waals surface area contributed by atoms with Crippen LogP contribution in [-0.2, 0) is 34.5 Å². The number of benzene rings is 1. The highest BCUT2D eigenvalue weighted by Crippen LogP contribution is 2.31. The van der Waals surface area contributed by atoms with Crippen LogP contribution in [0.3, 0.4) is 0 Å². The van der Waals surface area contributed by atoms with E-state index in [1.165, 1.54) is 10.4 Å². The van der Waals surface area contributed by atoms with Gasteiger partial charge in [0, 0.05) is 38.6 Å². The van der Waals surface area contributed by atoms with E-state index in [0.29, 0.717) is 32.2 Å². The Morgan fingerprint density at radius 1 is 1.13 bits per heavy atom. The first-order chi connectivity index (χ1) is 14.2. The van der Waals surface area contributed by atoms with Crippen LogP contribution in [0.4, 0.5) is 13.2 Å². The highest BCUT2D eigenvalue weighted by atomic mass is 32.2. The summed E-state index contributed by atoms with van der Waals surface area (Å²) in [5.41, 5.74) is -0.215. The van der Waals surface area contributed by atoms with Gasteiger partial charge in [-0.1, -0.05) is 6.07 Å². The quantitative estimate of drug-likeness (QED) is 0.627. The number of alkyl halides is 3. The Hall–Kier alpha value is -1.88. The SMILES string of the molecule is Cn1cccc1CN(CCCN1CCOCC1)S(=O)(=O)c1cccc(C(F)(F)F)c1. The molecular formula is C20H26F3N3O3S. The van der Waals surface area contributed by atoms with Gasteiger partial charge >= 0.3 is 6.18 Å². The highest BCUT2D eigenvalue weighted by molar-refractivity contribution is 7.89. The van der Waals surface area contributed by atoms with E-state index in [0.717, 1.165) is 30.9 Å². The molecule has 0 atom stereocenters. The number of halogens is 3. The fraction of sp³-hybridized carbons (Fsp3) is 0.500. The summed E-state index contributed by atoms with van der Waals surface area (Å²) in [7, 11) is -2.30. The van der Waals surface area contributed by atoms with E-state index >= 15 is 0 Å². The molecule has 3 rings (SSSR count). The summed E-state index contributed by atoms with van der Waals surface area (Å²) in [4.78, 5) is 1.85. The number of hydrogen-bond acceptors (Lipinski definition) is 4.